The van der Waals surface area contributed by atoms with E-state index in [2.05, 4.69) is 22.9 Å². The summed E-state index contributed by atoms with van der Waals surface area (Å²) in [6.07, 6.45) is 0. The van der Waals surface area contributed by atoms with E-state index in [1.54, 1.807) is 17.3 Å². The summed E-state index contributed by atoms with van der Waals surface area (Å²) in [6.45, 7) is 0. The fourth-order valence-corrected chi connectivity index (χ4v) is 3.55. The van der Waals surface area contributed by atoms with Gasteiger partial charge in [-0.05, 0) is 27.6 Å². The molecular formula is C19H14IN5O2. The average Bonchev–Trinajstić information content (AvgIpc) is 3.06. The molecule has 1 aliphatic heterocycles. The SMILES string of the molecule is O=[N+]([O-])c1ccc(N2N=C(c3ccccc3)N(c3ccccc3)N2I)cc1. The van der Waals surface area contributed by atoms with Gasteiger partial charge in [-0.3, -0.25) is 10.1 Å². The number of nitro groups is 1. The number of hydrazone groups is 1. The summed E-state index contributed by atoms with van der Waals surface area (Å²) in [7, 11) is 0. The van der Waals surface area contributed by atoms with Crippen LogP contribution in [0.15, 0.2) is 90.0 Å². The van der Waals surface area contributed by atoms with Crippen LogP contribution in [0.1, 0.15) is 5.56 Å². The molecule has 0 aliphatic carbocycles. The number of hydrazine groups is 2. The molecule has 1 heterocycles. The first-order valence-corrected chi connectivity index (χ1v) is 9.11. The highest BCUT2D eigenvalue weighted by atomic mass is 127. The molecule has 134 valence electrons. The predicted octanol–water partition coefficient (Wildman–Crippen LogP) is 4.77. The zero-order valence-electron chi connectivity index (χ0n) is 14.0. The Hall–Kier alpha value is -2.98. The maximum Gasteiger partial charge on any atom is 0.269 e. The number of nitro benzene ring substituents is 1. The summed E-state index contributed by atoms with van der Waals surface area (Å²) in [4.78, 5) is 10.5. The molecule has 0 fully saturated rings. The highest BCUT2D eigenvalue weighted by Crippen LogP contribution is 2.33. The number of para-hydroxylation sites is 1. The van der Waals surface area contributed by atoms with E-state index < -0.39 is 4.92 Å². The van der Waals surface area contributed by atoms with E-state index in [9.17, 15) is 10.1 Å². The number of halogens is 1. The number of non-ortho nitro benzene ring substituents is 1. The van der Waals surface area contributed by atoms with Crippen molar-refractivity contribution in [3.8, 4) is 0 Å². The minimum atomic E-state index is -0.412. The molecule has 3 aromatic rings. The van der Waals surface area contributed by atoms with Gasteiger partial charge < -0.3 is 0 Å². The van der Waals surface area contributed by atoms with Crippen LogP contribution in [0.4, 0.5) is 17.1 Å². The number of nitrogens with zero attached hydrogens (tertiary/aromatic N) is 5. The first-order chi connectivity index (χ1) is 13.1. The van der Waals surface area contributed by atoms with Gasteiger partial charge in [0.2, 0.25) is 0 Å². The lowest BCUT2D eigenvalue weighted by Gasteiger charge is -2.29. The standard InChI is InChI=1S/C19H14IN5O2/c20-25-22(16-9-5-2-6-10-16)19(15-7-3-1-4-8-15)21-23(25)17-11-13-18(14-12-17)24(26)27/h1-14H. The number of amidine groups is 1. The maximum absolute atomic E-state index is 10.9. The molecule has 0 saturated carbocycles. The number of anilines is 2. The smallest absolute Gasteiger partial charge is 0.258 e. The second-order valence-corrected chi connectivity index (χ2v) is 6.60. The molecule has 8 heteroatoms. The lowest BCUT2D eigenvalue weighted by Crippen LogP contribution is -2.41. The Morgan fingerprint density at radius 2 is 1.41 bits per heavy atom. The zero-order valence-corrected chi connectivity index (χ0v) is 16.2. The molecule has 1 aliphatic rings. The minimum Gasteiger partial charge on any atom is -0.258 e. The van der Waals surface area contributed by atoms with Crippen LogP contribution in [-0.2, 0) is 0 Å². The fourth-order valence-electron chi connectivity index (χ4n) is 2.75. The van der Waals surface area contributed by atoms with E-state index >= 15 is 0 Å². The largest absolute Gasteiger partial charge is 0.269 e. The number of rotatable bonds is 4. The van der Waals surface area contributed by atoms with Crippen molar-refractivity contribution < 1.29 is 4.92 Å². The third kappa shape index (κ3) is 3.36. The average molecular weight is 471 g/mol. The molecule has 3 aromatic carbocycles. The van der Waals surface area contributed by atoms with E-state index in [1.807, 2.05) is 69.0 Å². The Balaban J connectivity index is 1.77. The van der Waals surface area contributed by atoms with E-state index in [0.717, 1.165) is 22.8 Å². The van der Waals surface area contributed by atoms with Gasteiger partial charge in [-0.2, -0.15) is 5.12 Å². The monoisotopic (exact) mass is 471 g/mol. The van der Waals surface area contributed by atoms with Crippen molar-refractivity contribution >= 4 is 45.8 Å². The van der Waals surface area contributed by atoms with Crippen molar-refractivity contribution in [3.63, 3.8) is 0 Å². The topological polar surface area (TPSA) is 65.2 Å². The third-order valence-corrected chi connectivity index (χ3v) is 4.88. The summed E-state index contributed by atoms with van der Waals surface area (Å²) in [6, 6.07) is 26.1. The Kier molecular flexibility index (Phi) is 4.73. The van der Waals surface area contributed by atoms with Crippen LogP contribution < -0.4 is 10.1 Å². The Morgan fingerprint density at radius 1 is 0.815 bits per heavy atom. The van der Waals surface area contributed by atoms with Gasteiger partial charge in [-0.25, -0.2) is 5.01 Å². The van der Waals surface area contributed by atoms with Crippen molar-refractivity contribution in [2.45, 2.75) is 0 Å². The van der Waals surface area contributed by atoms with E-state index in [4.69, 9.17) is 5.10 Å². The molecule has 7 nitrogen and oxygen atoms in total. The molecule has 0 atom stereocenters. The van der Waals surface area contributed by atoms with Gasteiger partial charge in [-0.15, -0.1) is 5.10 Å². The summed E-state index contributed by atoms with van der Waals surface area (Å²) in [5.74, 6) is 0.759. The normalized spacial score (nSPS) is 14.3. The maximum atomic E-state index is 10.9. The Bertz CT molecular complexity index is 980. The van der Waals surface area contributed by atoms with Gasteiger partial charge in [0, 0.05) is 17.7 Å². The van der Waals surface area contributed by atoms with Gasteiger partial charge in [0.25, 0.3) is 5.69 Å². The molecule has 0 bridgehead atoms. The number of hydrogen-bond acceptors (Lipinski definition) is 6. The fraction of sp³-hybridized carbons (Fsp3) is 0. The summed E-state index contributed by atoms with van der Waals surface area (Å²) in [5.41, 5.74) is 2.69. The van der Waals surface area contributed by atoms with Crippen molar-refractivity contribution in [2.24, 2.45) is 5.10 Å². The third-order valence-electron chi connectivity index (χ3n) is 4.04. The van der Waals surface area contributed by atoms with Crippen LogP contribution in [0, 0.1) is 10.1 Å². The number of hydrogen-bond donors (Lipinski definition) is 0. The molecule has 0 unspecified atom stereocenters. The first kappa shape index (κ1) is 17.4. The minimum absolute atomic E-state index is 0.0464. The van der Waals surface area contributed by atoms with Crippen LogP contribution >= 0.6 is 22.9 Å². The highest BCUT2D eigenvalue weighted by Gasteiger charge is 2.33. The van der Waals surface area contributed by atoms with Crippen molar-refractivity contribution in [1.29, 1.82) is 0 Å². The number of benzene rings is 3. The molecule has 0 saturated heterocycles. The van der Waals surface area contributed by atoms with Gasteiger partial charge in [0.15, 0.2) is 5.84 Å². The second-order valence-electron chi connectivity index (χ2n) is 5.74. The van der Waals surface area contributed by atoms with Gasteiger partial charge in [0.1, 0.15) is 0 Å². The van der Waals surface area contributed by atoms with Gasteiger partial charge in [-0.1, -0.05) is 48.5 Å². The molecule has 27 heavy (non-hydrogen) atoms. The first-order valence-electron chi connectivity index (χ1n) is 8.14. The quantitative estimate of drug-likeness (QED) is 0.238. The van der Waals surface area contributed by atoms with Crippen LogP contribution in [0.2, 0.25) is 0 Å². The molecule has 0 spiro atoms. The van der Waals surface area contributed by atoms with Gasteiger partial charge >= 0.3 is 0 Å². The zero-order chi connectivity index (χ0) is 18.8. The van der Waals surface area contributed by atoms with E-state index in [1.165, 1.54) is 12.1 Å². The summed E-state index contributed by atoms with van der Waals surface area (Å²) >= 11 is 2.16. The second kappa shape index (κ2) is 7.33. The van der Waals surface area contributed by atoms with Crippen LogP contribution in [0.5, 0.6) is 0 Å². The molecular weight excluding hydrogens is 457 g/mol. The lowest BCUT2D eigenvalue weighted by atomic mass is 10.2. The Morgan fingerprint density at radius 3 is 2.00 bits per heavy atom. The highest BCUT2D eigenvalue weighted by molar-refractivity contribution is 14.1. The predicted molar refractivity (Wildman–Crippen MR) is 113 cm³/mol. The van der Waals surface area contributed by atoms with Crippen LogP contribution in [0.3, 0.4) is 0 Å². The Labute approximate surface area is 169 Å². The molecule has 0 amide bonds. The van der Waals surface area contributed by atoms with E-state index in [0.29, 0.717) is 0 Å². The van der Waals surface area contributed by atoms with E-state index in [-0.39, 0.29) is 5.69 Å². The van der Waals surface area contributed by atoms with Crippen LogP contribution in [0.25, 0.3) is 0 Å². The molecule has 0 radical (unpaired) electrons. The van der Waals surface area contributed by atoms with Gasteiger partial charge in [0.05, 0.1) is 39.2 Å². The van der Waals surface area contributed by atoms with Crippen molar-refractivity contribution in [2.75, 3.05) is 10.1 Å². The van der Waals surface area contributed by atoms with Crippen molar-refractivity contribution in [3.05, 3.63) is 101 Å². The lowest BCUT2D eigenvalue weighted by molar-refractivity contribution is -0.384. The molecule has 0 N–H and O–H groups in total. The molecule has 4 rings (SSSR count). The van der Waals surface area contributed by atoms with Crippen molar-refractivity contribution in [1.82, 2.24) is 3.33 Å². The van der Waals surface area contributed by atoms with Crippen LogP contribution in [-0.4, -0.2) is 14.1 Å². The molecule has 0 aromatic heterocycles. The summed E-state index contributed by atoms with van der Waals surface area (Å²) < 4.78 is 1.84. The summed E-state index contributed by atoms with van der Waals surface area (Å²) in [5, 5.41) is 19.4.